The van der Waals surface area contributed by atoms with Crippen LogP contribution in [0.2, 0.25) is 0 Å². The second kappa shape index (κ2) is 5.61. The predicted molar refractivity (Wildman–Crippen MR) is 74.5 cm³/mol. The number of nitrogens with zero attached hydrogens (tertiary/aromatic N) is 1. The number of carbonyl (C=O) groups excluding carboxylic acids is 1. The first kappa shape index (κ1) is 13.2. The molecular weight excluding hydrogens is 296 g/mol. The van der Waals surface area contributed by atoms with Crippen LogP contribution >= 0.6 is 15.9 Å². The molecule has 0 aliphatic heterocycles. The summed E-state index contributed by atoms with van der Waals surface area (Å²) in [7, 11) is 0. The lowest BCUT2D eigenvalue weighted by molar-refractivity contribution is -0.133. The van der Waals surface area contributed by atoms with Crippen LogP contribution < -0.4 is 10.5 Å². The smallest absolute Gasteiger partial charge is 0.260 e. The summed E-state index contributed by atoms with van der Waals surface area (Å²) in [6.45, 7) is 2.80. The van der Waals surface area contributed by atoms with Crippen molar-refractivity contribution in [1.29, 1.82) is 0 Å². The Bertz CT molecular complexity index is 447. The van der Waals surface area contributed by atoms with E-state index < -0.39 is 0 Å². The van der Waals surface area contributed by atoms with Gasteiger partial charge in [-0.15, -0.1) is 0 Å². The Hall–Kier alpha value is -1.23. The molecule has 1 aromatic carbocycles. The third-order valence-electron chi connectivity index (χ3n) is 2.99. The van der Waals surface area contributed by atoms with Crippen molar-refractivity contribution in [2.24, 2.45) is 0 Å². The van der Waals surface area contributed by atoms with E-state index in [9.17, 15) is 4.79 Å². The molecule has 2 N–H and O–H groups in total. The number of carbonyl (C=O) groups is 1. The molecule has 1 aliphatic carbocycles. The summed E-state index contributed by atoms with van der Waals surface area (Å²) in [6.07, 6.45) is 2.23. The van der Waals surface area contributed by atoms with Crippen molar-refractivity contribution in [2.45, 2.75) is 25.8 Å². The SMILES string of the molecule is CCN(C(=O)COc1cccc(N)c1Br)C1CC1. The summed E-state index contributed by atoms with van der Waals surface area (Å²) >= 11 is 3.35. The van der Waals surface area contributed by atoms with E-state index in [0.717, 1.165) is 19.4 Å². The number of likely N-dealkylation sites (N-methyl/N-ethyl adjacent to an activating group) is 1. The molecule has 0 bridgehead atoms. The maximum atomic E-state index is 12.0. The molecule has 0 atom stereocenters. The molecule has 98 valence electrons. The van der Waals surface area contributed by atoms with Crippen LogP contribution in [0.15, 0.2) is 22.7 Å². The number of nitrogens with two attached hydrogens (primary N) is 1. The molecule has 0 saturated heterocycles. The summed E-state index contributed by atoms with van der Waals surface area (Å²) in [5.41, 5.74) is 6.36. The fraction of sp³-hybridized carbons (Fsp3) is 0.462. The molecule has 1 aliphatic rings. The summed E-state index contributed by atoms with van der Waals surface area (Å²) in [4.78, 5) is 13.9. The van der Waals surface area contributed by atoms with Crippen LogP contribution in [0.1, 0.15) is 19.8 Å². The van der Waals surface area contributed by atoms with Crippen molar-refractivity contribution in [3.63, 3.8) is 0 Å². The van der Waals surface area contributed by atoms with Crippen molar-refractivity contribution >= 4 is 27.5 Å². The average molecular weight is 313 g/mol. The second-order valence-corrected chi connectivity index (χ2v) is 5.15. The Morgan fingerprint density at radius 3 is 2.89 bits per heavy atom. The van der Waals surface area contributed by atoms with Gasteiger partial charge < -0.3 is 15.4 Å². The van der Waals surface area contributed by atoms with E-state index >= 15 is 0 Å². The number of halogens is 1. The van der Waals surface area contributed by atoms with Gasteiger partial charge in [0.15, 0.2) is 6.61 Å². The number of benzene rings is 1. The van der Waals surface area contributed by atoms with Gasteiger partial charge in [0.05, 0.1) is 4.47 Å². The van der Waals surface area contributed by atoms with Crippen molar-refractivity contribution < 1.29 is 9.53 Å². The number of nitrogen functional groups attached to an aromatic ring is 1. The largest absolute Gasteiger partial charge is 0.483 e. The van der Waals surface area contributed by atoms with Gasteiger partial charge in [0.2, 0.25) is 0 Å². The highest BCUT2D eigenvalue weighted by atomic mass is 79.9. The van der Waals surface area contributed by atoms with E-state index in [4.69, 9.17) is 10.5 Å². The van der Waals surface area contributed by atoms with E-state index in [1.807, 2.05) is 11.8 Å². The number of rotatable bonds is 5. The Morgan fingerprint density at radius 2 is 2.28 bits per heavy atom. The minimum absolute atomic E-state index is 0.0364. The lowest BCUT2D eigenvalue weighted by Crippen LogP contribution is -2.36. The van der Waals surface area contributed by atoms with Gasteiger partial charge in [-0.3, -0.25) is 4.79 Å². The van der Waals surface area contributed by atoms with E-state index in [1.165, 1.54) is 0 Å². The zero-order chi connectivity index (χ0) is 13.1. The molecule has 1 saturated carbocycles. The first-order valence-corrected chi connectivity index (χ1v) is 6.89. The third kappa shape index (κ3) is 2.96. The topological polar surface area (TPSA) is 55.6 Å². The van der Waals surface area contributed by atoms with Crippen LogP contribution in [-0.4, -0.2) is 30.0 Å². The number of ether oxygens (including phenoxy) is 1. The van der Waals surface area contributed by atoms with E-state index in [-0.39, 0.29) is 12.5 Å². The fourth-order valence-corrected chi connectivity index (χ4v) is 2.26. The molecule has 5 heteroatoms. The van der Waals surface area contributed by atoms with Crippen LogP contribution in [0.3, 0.4) is 0 Å². The number of hydrogen-bond acceptors (Lipinski definition) is 3. The lowest BCUT2D eigenvalue weighted by atomic mass is 10.3. The van der Waals surface area contributed by atoms with Crippen LogP contribution in [0.4, 0.5) is 5.69 Å². The van der Waals surface area contributed by atoms with E-state index in [0.29, 0.717) is 22.0 Å². The molecule has 0 spiro atoms. The van der Waals surface area contributed by atoms with Gasteiger partial charge in [0, 0.05) is 18.3 Å². The molecule has 4 nitrogen and oxygen atoms in total. The third-order valence-corrected chi connectivity index (χ3v) is 3.84. The van der Waals surface area contributed by atoms with Crippen LogP contribution in [0, 0.1) is 0 Å². The fourth-order valence-electron chi connectivity index (χ4n) is 1.89. The Labute approximate surface area is 115 Å². The highest BCUT2D eigenvalue weighted by Gasteiger charge is 2.31. The quantitative estimate of drug-likeness (QED) is 0.850. The van der Waals surface area contributed by atoms with Crippen LogP contribution in [0.25, 0.3) is 0 Å². The zero-order valence-corrected chi connectivity index (χ0v) is 11.9. The minimum Gasteiger partial charge on any atom is -0.483 e. The summed E-state index contributed by atoms with van der Waals surface area (Å²) in [5, 5.41) is 0. The molecule has 18 heavy (non-hydrogen) atoms. The predicted octanol–water partition coefficient (Wildman–Crippen LogP) is 2.42. The number of anilines is 1. The zero-order valence-electron chi connectivity index (χ0n) is 10.4. The maximum Gasteiger partial charge on any atom is 0.260 e. The molecule has 2 rings (SSSR count). The van der Waals surface area contributed by atoms with Gasteiger partial charge in [-0.1, -0.05) is 6.07 Å². The Morgan fingerprint density at radius 1 is 1.56 bits per heavy atom. The maximum absolute atomic E-state index is 12.0. The molecular formula is C13H17BrN2O2. The van der Waals surface area contributed by atoms with Gasteiger partial charge in [0.1, 0.15) is 5.75 Å². The van der Waals surface area contributed by atoms with Crippen molar-refractivity contribution in [2.75, 3.05) is 18.9 Å². The summed E-state index contributed by atoms with van der Waals surface area (Å²) in [5.74, 6) is 0.643. The number of hydrogen-bond donors (Lipinski definition) is 1. The Balaban J connectivity index is 1.94. The molecule has 0 unspecified atom stereocenters. The Kier molecular flexibility index (Phi) is 4.11. The first-order valence-electron chi connectivity index (χ1n) is 6.09. The molecule has 1 amide bonds. The highest BCUT2D eigenvalue weighted by molar-refractivity contribution is 9.10. The standard InChI is InChI=1S/C13H17BrN2O2/c1-2-16(9-6-7-9)12(17)8-18-11-5-3-4-10(15)13(11)14/h3-5,9H,2,6-8,15H2,1H3. The van der Waals surface area contributed by atoms with Crippen LogP contribution in [0.5, 0.6) is 5.75 Å². The molecule has 1 fully saturated rings. The van der Waals surface area contributed by atoms with Gasteiger partial charge in [0.25, 0.3) is 5.91 Å². The first-order chi connectivity index (χ1) is 8.63. The van der Waals surface area contributed by atoms with Crippen molar-refractivity contribution in [3.05, 3.63) is 22.7 Å². The van der Waals surface area contributed by atoms with Gasteiger partial charge >= 0.3 is 0 Å². The molecule has 1 aromatic rings. The van der Waals surface area contributed by atoms with Gasteiger partial charge in [-0.05, 0) is 47.8 Å². The highest BCUT2D eigenvalue weighted by Crippen LogP contribution is 2.31. The van der Waals surface area contributed by atoms with Gasteiger partial charge in [-0.2, -0.15) is 0 Å². The van der Waals surface area contributed by atoms with E-state index in [2.05, 4.69) is 15.9 Å². The monoisotopic (exact) mass is 312 g/mol. The number of amides is 1. The lowest BCUT2D eigenvalue weighted by Gasteiger charge is -2.20. The van der Waals surface area contributed by atoms with Gasteiger partial charge in [-0.25, -0.2) is 0 Å². The summed E-state index contributed by atoms with van der Waals surface area (Å²) in [6, 6.07) is 5.80. The average Bonchev–Trinajstić information content (AvgIpc) is 3.16. The normalized spacial score (nSPS) is 14.3. The van der Waals surface area contributed by atoms with Crippen LogP contribution in [-0.2, 0) is 4.79 Å². The second-order valence-electron chi connectivity index (χ2n) is 4.36. The molecule has 0 radical (unpaired) electrons. The summed E-state index contributed by atoms with van der Waals surface area (Å²) < 4.78 is 6.22. The minimum atomic E-state index is 0.0364. The van der Waals surface area contributed by atoms with E-state index in [1.54, 1.807) is 18.2 Å². The van der Waals surface area contributed by atoms with Crippen molar-refractivity contribution in [3.8, 4) is 5.75 Å². The molecule has 0 heterocycles. The molecule has 0 aromatic heterocycles. The van der Waals surface area contributed by atoms with Crippen molar-refractivity contribution in [1.82, 2.24) is 4.90 Å².